The molecule has 1 aromatic heterocycles. The predicted molar refractivity (Wildman–Crippen MR) is 112 cm³/mol. The number of rotatable bonds is 3. The first-order chi connectivity index (χ1) is 13.6. The lowest BCUT2D eigenvalue weighted by atomic mass is 10.0. The number of thiol groups is 1. The molecule has 1 fully saturated rings. The van der Waals surface area contributed by atoms with Gasteiger partial charge in [-0.15, -0.1) is 11.3 Å². The van der Waals surface area contributed by atoms with Crippen LogP contribution in [0.2, 0.25) is 0 Å². The van der Waals surface area contributed by atoms with Crippen molar-refractivity contribution in [1.29, 1.82) is 0 Å². The zero-order valence-electron chi connectivity index (χ0n) is 15.6. The second-order valence-corrected chi connectivity index (χ2v) is 9.32. The van der Waals surface area contributed by atoms with Gasteiger partial charge in [-0.2, -0.15) is 12.6 Å². The van der Waals surface area contributed by atoms with Crippen LogP contribution in [-0.4, -0.2) is 34.2 Å². The van der Waals surface area contributed by atoms with Crippen molar-refractivity contribution in [3.8, 4) is 0 Å². The molecule has 28 heavy (non-hydrogen) atoms. The Labute approximate surface area is 174 Å². The zero-order chi connectivity index (χ0) is 19.3. The molecule has 146 valence electrons. The highest BCUT2D eigenvalue weighted by molar-refractivity contribution is 7.80. The highest BCUT2D eigenvalue weighted by Crippen LogP contribution is 2.41. The summed E-state index contributed by atoms with van der Waals surface area (Å²) >= 11 is 6.70. The summed E-state index contributed by atoms with van der Waals surface area (Å²) in [4.78, 5) is 30.0. The van der Waals surface area contributed by atoms with Gasteiger partial charge in [0.1, 0.15) is 0 Å². The molecule has 0 aliphatic carbocycles. The molecule has 2 unspecified atom stereocenters. The van der Waals surface area contributed by atoms with Crippen LogP contribution in [-0.2, 0) is 35.6 Å². The van der Waals surface area contributed by atoms with Gasteiger partial charge in [-0.25, -0.2) is 0 Å². The average molecular weight is 414 g/mol. The lowest BCUT2D eigenvalue weighted by molar-refractivity contribution is -0.137. The van der Waals surface area contributed by atoms with Crippen LogP contribution in [0.25, 0.3) is 0 Å². The van der Waals surface area contributed by atoms with Crippen LogP contribution < -0.4 is 5.32 Å². The molecule has 1 N–H and O–H groups in total. The fourth-order valence-electron chi connectivity index (χ4n) is 4.65. The summed E-state index contributed by atoms with van der Waals surface area (Å²) in [6.45, 7) is 3.72. The van der Waals surface area contributed by atoms with Gasteiger partial charge in [0.05, 0.1) is 11.4 Å². The number of nitrogens with one attached hydrogen (secondary N) is 1. The van der Waals surface area contributed by atoms with Crippen LogP contribution in [0.15, 0.2) is 29.6 Å². The highest BCUT2D eigenvalue weighted by atomic mass is 32.1. The Kier molecular flexibility index (Phi) is 4.79. The van der Waals surface area contributed by atoms with Crippen LogP contribution in [0.4, 0.5) is 0 Å². The van der Waals surface area contributed by atoms with Crippen LogP contribution in [0.3, 0.4) is 0 Å². The number of amides is 2. The molecule has 3 aliphatic heterocycles. The van der Waals surface area contributed by atoms with E-state index >= 15 is 0 Å². The molecule has 3 aliphatic rings. The van der Waals surface area contributed by atoms with Crippen molar-refractivity contribution in [2.75, 3.05) is 6.54 Å². The van der Waals surface area contributed by atoms with E-state index in [0.29, 0.717) is 19.4 Å². The standard InChI is InChI=1S/C21H23N3O2S2/c25-19-5-4-17(20(26)22-19)24-12-16-13(2-1-3-15(16)21(24)27)10-23-8-6-18-14(11-23)7-9-28-18/h1-3,7,9,17,21,27H,4-6,8,10-12H2,(H,22,25,26). The van der Waals surface area contributed by atoms with Crippen molar-refractivity contribution >= 4 is 35.8 Å². The van der Waals surface area contributed by atoms with Gasteiger partial charge in [-0.3, -0.25) is 24.7 Å². The topological polar surface area (TPSA) is 52.7 Å². The SMILES string of the molecule is O=C1CCC(N2Cc3c(CN4CCc5sccc5C4)cccc3C2S)C(=O)N1. The summed E-state index contributed by atoms with van der Waals surface area (Å²) in [7, 11) is 0. The van der Waals surface area contributed by atoms with E-state index in [2.05, 4.69) is 44.8 Å². The first-order valence-electron chi connectivity index (χ1n) is 9.76. The number of benzene rings is 1. The molecule has 4 heterocycles. The number of carbonyl (C=O) groups is 2. The van der Waals surface area contributed by atoms with Gasteiger partial charge < -0.3 is 0 Å². The van der Waals surface area contributed by atoms with E-state index in [1.807, 2.05) is 11.3 Å². The van der Waals surface area contributed by atoms with E-state index in [1.165, 1.54) is 27.1 Å². The number of fused-ring (bicyclic) bond motifs is 2. The molecule has 2 aromatic rings. The van der Waals surface area contributed by atoms with Crippen molar-refractivity contribution in [1.82, 2.24) is 15.1 Å². The van der Waals surface area contributed by atoms with E-state index in [-0.39, 0.29) is 23.2 Å². The molecule has 2 atom stereocenters. The molecule has 1 saturated heterocycles. The third-order valence-corrected chi connectivity index (χ3v) is 7.73. The molecule has 1 aromatic carbocycles. The minimum atomic E-state index is -0.288. The minimum absolute atomic E-state index is 0.108. The maximum Gasteiger partial charge on any atom is 0.243 e. The smallest absolute Gasteiger partial charge is 0.243 e. The largest absolute Gasteiger partial charge is 0.295 e. The van der Waals surface area contributed by atoms with E-state index in [9.17, 15) is 9.59 Å². The lowest BCUT2D eigenvalue weighted by Crippen LogP contribution is -2.51. The molecule has 2 amide bonds. The summed E-state index contributed by atoms with van der Waals surface area (Å²) in [6, 6.07) is 8.39. The Morgan fingerprint density at radius 2 is 2.07 bits per heavy atom. The second-order valence-electron chi connectivity index (χ2n) is 7.83. The molecule has 7 heteroatoms. The number of hydrogen-bond acceptors (Lipinski definition) is 6. The van der Waals surface area contributed by atoms with Gasteiger partial charge in [-0.05, 0) is 46.5 Å². The van der Waals surface area contributed by atoms with E-state index in [1.54, 1.807) is 0 Å². The first-order valence-corrected chi connectivity index (χ1v) is 11.2. The van der Waals surface area contributed by atoms with Crippen molar-refractivity contribution in [3.05, 3.63) is 56.8 Å². The van der Waals surface area contributed by atoms with Crippen molar-refractivity contribution in [2.24, 2.45) is 0 Å². The number of piperidine rings is 1. The third-order valence-electron chi connectivity index (χ3n) is 6.13. The molecule has 0 saturated carbocycles. The van der Waals surface area contributed by atoms with E-state index in [4.69, 9.17) is 12.6 Å². The summed E-state index contributed by atoms with van der Waals surface area (Å²) in [5, 5.41) is 4.56. The molecular formula is C21H23N3O2S2. The maximum atomic E-state index is 12.4. The molecule has 0 spiro atoms. The summed E-state index contributed by atoms with van der Waals surface area (Å²) in [5.74, 6) is -0.363. The van der Waals surface area contributed by atoms with Crippen LogP contribution in [0, 0.1) is 0 Å². The van der Waals surface area contributed by atoms with E-state index < -0.39 is 0 Å². The number of carbonyl (C=O) groups excluding carboxylic acids is 2. The number of hydrogen-bond donors (Lipinski definition) is 2. The Morgan fingerprint density at radius 3 is 2.93 bits per heavy atom. The van der Waals surface area contributed by atoms with Gasteiger partial charge in [0, 0.05) is 37.5 Å². The van der Waals surface area contributed by atoms with Crippen LogP contribution in [0.5, 0.6) is 0 Å². The molecule has 5 rings (SSSR count). The average Bonchev–Trinajstić information content (AvgIpc) is 3.27. The Hall–Kier alpha value is -1.67. The first kappa shape index (κ1) is 18.4. The van der Waals surface area contributed by atoms with Gasteiger partial charge in [0.2, 0.25) is 11.8 Å². The normalized spacial score (nSPS) is 25.5. The van der Waals surface area contributed by atoms with Crippen molar-refractivity contribution in [2.45, 2.75) is 50.3 Å². The van der Waals surface area contributed by atoms with Gasteiger partial charge in [0.25, 0.3) is 0 Å². The monoisotopic (exact) mass is 413 g/mol. The summed E-state index contributed by atoms with van der Waals surface area (Å²) in [6.07, 6.45) is 2.09. The molecule has 0 radical (unpaired) electrons. The molecular weight excluding hydrogens is 390 g/mol. The third kappa shape index (κ3) is 3.20. The van der Waals surface area contributed by atoms with Crippen LogP contribution >= 0.6 is 24.0 Å². The van der Waals surface area contributed by atoms with Crippen molar-refractivity contribution in [3.63, 3.8) is 0 Å². The summed E-state index contributed by atoms with van der Waals surface area (Å²) < 4.78 is 0. The van der Waals surface area contributed by atoms with Gasteiger partial charge in [-0.1, -0.05) is 18.2 Å². The second kappa shape index (κ2) is 7.30. The predicted octanol–water partition coefficient (Wildman–Crippen LogP) is 2.86. The number of imide groups is 1. The summed E-state index contributed by atoms with van der Waals surface area (Å²) in [5.41, 5.74) is 5.27. The van der Waals surface area contributed by atoms with Crippen LogP contribution in [0.1, 0.15) is 45.3 Å². The zero-order valence-corrected chi connectivity index (χ0v) is 17.3. The van der Waals surface area contributed by atoms with Gasteiger partial charge in [0.15, 0.2) is 0 Å². The number of thiophene rings is 1. The Bertz CT molecular complexity index is 941. The van der Waals surface area contributed by atoms with E-state index in [0.717, 1.165) is 26.1 Å². The number of nitrogens with zero attached hydrogens (tertiary/aromatic N) is 2. The fraction of sp³-hybridized carbons (Fsp3) is 0.429. The quantitative estimate of drug-likeness (QED) is 0.600. The molecule has 0 bridgehead atoms. The Morgan fingerprint density at radius 1 is 1.18 bits per heavy atom. The van der Waals surface area contributed by atoms with Gasteiger partial charge >= 0.3 is 0 Å². The fourth-order valence-corrected chi connectivity index (χ4v) is 6.02. The van der Waals surface area contributed by atoms with Crippen molar-refractivity contribution < 1.29 is 9.59 Å². The highest BCUT2D eigenvalue weighted by Gasteiger charge is 2.39. The lowest BCUT2D eigenvalue weighted by Gasteiger charge is -2.32. The maximum absolute atomic E-state index is 12.4. The Balaban J connectivity index is 1.36. The molecule has 5 nitrogen and oxygen atoms in total. The minimum Gasteiger partial charge on any atom is -0.295 e.